The Hall–Kier alpha value is -0.570. The average Bonchev–Trinajstić information content (AvgIpc) is 1.98. The normalized spacial score (nSPS) is 25.8. The summed E-state index contributed by atoms with van der Waals surface area (Å²) in [6.07, 6.45) is 2.44. The molecule has 0 aromatic carbocycles. The van der Waals surface area contributed by atoms with E-state index in [1.165, 1.54) is 0 Å². The van der Waals surface area contributed by atoms with Crippen LogP contribution in [-0.4, -0.2) is 36.1 Å². The van der Waals surface area contributed by atoms with Crippen molar-refractivity contribution in [3.63, 3.8) is 0 Å². The number of aliphatic hydroxyl groups is 1. The number of hydrogen-bond acceptors (Lipinski definition) is 2. The predicted molar refractivity (Wildman–Crippen MR) is 42.1 cm³/mol. The minimum Gasteiger partial charge on any atom is -0.396 e. The Balaban J connectivity index is 2.34. The lowest BCUT2D eigenvalue weighted by atomic mass is 9.94. The first kappa shape index (κ1) is 8.53. The van der Waals surface area contributed by atoms with Gasteiger partial charge in [-0.25, -0.2) is 0 Å². The number of likely N-dealkylation sites (tertiary alicyclic amines) is 1. The number of amides is 1. The van der Waals surface area contributed by atoms with E-state index in [9.17, 15) is 4.79 Å². The summed E-state index contributed by atoms with van der Waals surface area (Å²) in [4.78, 5) is 12.9. The van der Waals surface area contributed by atoms with E-state index in [4.69, 9.17) is 5.11 Å². The lowest BCUT2D eigenvalue weighted by Gasteiger charge is -2.28. The molecule has 0 saturated carbocycles. The van der Waals surface area contributed by atoms with Gasteiger partial charge < -0.3 is 10.0 Å². The van der Waals surface area contributed by atoms with Crippen LogP contribution in [0.5, 0.6) is 0 Å². The van der Waals surface area contributed by atoms with Gasteiger partial charge in [0, 0.05) is 26.6 Å². The number of nitrogens with zero attached hydrogens (tertiary/aromatic N) is 1. The van der Waals surface area contributed by atoms with Crippen LogP contribution in [0.15, 0.2) is 0 Å². The largest absolute Gasteiger partial charge is 0.396 e. The van der Waals surface area contributed by atoms with Gasteiger partial charge >= 0.3 is 0 Å². The van der Waals surface area contributed by atoms with E-state index in [2.05, 4.69) is 0 Å². The lowest BCUT2D eigenvalue weighted by molar-refractivity contribution is -0.133. The highest BCUT2D eigenvalue weighted by Crippen LogP contribution is 2.19. The van der Waals surface area contributed by atoms with E-state index in [-0.39, 0.29) is 12.5 Å². The average molecular weight is 157 g/mol. The molecular weight excluding hydrogens is 142 g/mol. The third kappa shape index (κ3) is 2.19. The second kappa shape index (κ2) is 3.72. The van der Waals surface area contributed by atoms with Crippen molar-refractivity contribution < 1.29 is 9.90 Å². The second-order valence-electron chi connectivity index (χ2n) is 3.19. The standard InChI is InChI=1S/C8H15NO2/c1-9-4-2-7(3-5-10)6-8(9)11/h7,10H,2-6H2,1H3. The molecule has 0 radical (unpaired) electrons. The first-order valence-corrected chi connectivity index (χ1v) is 4.09. The van der Waals surface area contributed by atoms with Crippen molar-refractivity contribution in [2.75, 3.05) is 20.2 Å². The molecule has 0 spiro atoms. The van der Waals surface area contributed by atoms with Crippen LogP contribution in [0.1, 0.15) is 19.3 Å². The van der Waals surface area contributed by atoms with Gasteiger partial charge in [0.2, 0.25) is 5.91 Å². The maximum Gasteiger partial charge on any atom is 0.222 e. The van der Waals surface area contributed by atoms with Crippen LogP contribution >= 0.6 is 0 Å². The number of hydrogen-bond donors (Lipinski definition) is 1. The Bertz CT molecular complexity index is 147. The quantitative estimate of drug-likeness (QED) is 0.623. The van der Waals surface area contributed by atoms with Gasteiger partial charge in [-0.05, 0) is 18.8 Å². The molecule has 1 unspecified atom stereocenters. The lowest BCUT2D eigenvalue weighted by Crippen LogP contribution is -2.35. The fourth-order valence-corrected chi connectivity index (χ4v) is 1.43. The summed E-state index contributed by atoms with van der Waals surface area (Å²) in [5.41, 5.74) is 0. The van der Waals surface area contributed by atoms with Gasteiger partial charge in [-0.2, -0.15) is 0 Å². The highest BCUT2D eigenvalue weighted by molar-refractivity contribution is 5.76. The molecule has 1 heterocycles. The van der Waals surface area contributed by atoms with E-state index in [1.54, 1.807) is 4.90 Å². The predicted octanol–water partition coefficient (Wildman–Crippen LogP) is 0.237. The number of carbonyl (C=O) groups excluding carboxylic acids is 1. The molecule has 64 valence electrons. The van der Waals surface area contributed by atoms with Crippen LogP contribution in [0, 0.1) is 5.92 Å². The third-order valence-corrected chi connectivity index (χ3v) is 2.30. The van der Waals surface area contributed by atoms with Crippen molar-refractivity contribution in [3.8, 4) is 0 Å². The minimum atomic E-state index is 0.210. The molecule has 1 aliphatic heterocycles. The van der Waals surface area contributed by atoms with E-state index in [1.807, 2.05) is 7.05 Å². The molecule has 1 saturated heterocycles. The van der Waals surface area contributed by atoms with Crippen molar-refractivity contribution in [1.82, 2.24) is 4.90 Å². The molecule has 11 heavy (non-hydrogen) atoms. The summed E-state index contributed by atoms with van der Waals surface area (Å²) in [5, 5.41) is 8.65. The SMILES string of the molecule is CN1CCC(CCO)CC1=O. The van der Waals surface area contributed by atoms with Crippen LogP contribution < -0.4 is 0 Å². The molecule has 0 aromatic rings. The Morgan fingerprint density at radius 1 is 1.73 bits per heavy atom. The summed E-state index contributed by atoms with van der Waals surface area (Å²) >= 11 is 0. The topological polar surface area (TPSA) is 40.5 Å². The molecule has 1 fully saturated rings. The van der Waals surface area contributed by atoms with Gasteiger partial charge in [0.15, 0.2) is 0 Å². The highest BCUT2D eigenvalue weighted by atomic mass is 16.3. The summed E-state index contributed by atoms with van der Waals surface area (Å²) in [7, 11) is 1.83. The summed E-state index contributed by atoms with van der Waals surface area (Å²) in [6, 6.07) is 0. The van der Waals surface area contributed by atoms with E-state index in [0.717, 1.165) is 19.4 Å². The highest BCUT2D eigenvalue weighted by Gasteiger charge is 2.22. The molecule has 1 N–H and O–H groups in total. The zero-order valence-corrected chi connectivity index (χ0v) is 6.92. The second-order valence-corrected chi connectivity index (χ2v) is 3.19. The number of rotatable bonds is 2. The van der Waals surface area contributed by atoms with Crippen LogP contribution in [0.3, 0.4) is 0 Å². The van der Waals surface area contributed by atoms with Crippen molar-refractivity contribution in [3.05, 3.63) is 0 Å². The first-order chi connectivity index (χ1) is 5.24. The van der Waals surface area contributed by atoms with Gasteiger partial charge in [-0.15, -0.1) is 0 Å². The Morgan fingerprint density at radius 3 is 3.00 bits per heavy atom. The van der Waals surface area contributed by atoms with Gasteiger partial charge in [0.05, 0.1) is 0 Å². The molecule has 3 heteroatoms. The van der Waals surface area contributed by atoms with Gasteiger partial charge in [0.1, 0.15) is 0 Å². The molecule has 0 aliphatic carbocycles. The van der Waals surface area contributed by atoms with E-state index >= 15 is 0 Å². The molecule has 3 nitrogen and oxygen atoms in total. The molecule has 1 rings (SSSR count). The molecule has 1 amide bonds. The summed E-state index contributed by atoms with van der Waals surface area (Å²) in [6.45, 7) is 1.06. The fraction of sp³-hybridized carbons (Fsp3) is 0.875. The van der Waals surface area contributed by atoms with Crippen LogP contribution in [0.2, 0.25) is 0 Å². The molecule has 0 aromatic heterocycles. The fourth-order valence-electron chi connectivity index (χ4n) is 1.43. The number of piperidine rings is 1. The summed E-state index contributed by atoms with van der Waals surface area (Å²) in [5.74, 6) is 0.637. The molecular formula is C8H15NO2. The van der Waals surface area contributed by atoms with Gasteiger partial charge in [-0.3, -0.25) is 4.79 Å². The van der Waals surface area contributed by atoms with Gasteiger partial charge in [-0.1, -0.05) is 0 Å². The zero-order valence-electron chi connectivity index (χ0n) is 6.92. The minimum absolute atomic E-state index is 0.210. The number of aliphatic hydroxyl groups excluding tert-OH is 1. The maximum atomic E-state index is 11.1. The Kier molecular flexibility index (Phi) is 2.88. The Labute approximate surface area is 67.0 Å². The first-order valence-electron chi connectivity index (χ1n) is 4.09. The third-order valence-electron chi connectivity index (χ3n) is 2.30. The van der Waals surface area contributed by atoms with Crippen LogP contribution in [0.4, 0.5) is 0 Å². The Morgan fingerprint density at radius 2 is 2.45 bits per heavy atom. The van der Waals surface area contributed by atoms with Crippen molar-refractivity contribution >= 4 is 5.91 Å². The molecule has 1 atom stereocenters. The maximum absolute atomic E-state index is 11.1. The summed E-state index contributed by atoms with van der Waals surface area (Å²) < 4.78 is 0. The van der Waals surface area contributed by atoms with Crippen LogP contribution in [0.25, 0.3) is 0 Å². The van der Waals surface area contributed by atoms with E-state index in [0.29, 0.717) is 12.3 Å². The van der Waals surface area contributed by atoms with Crippen molar-refractivity contribution in [1.29, 1.82) is 0 Å². The molecule has 1 aliphatic rings. The zero-order chi connectivity index (χ0) is 8.27. The van der Waals surface area contributed by atoms with Crippen molar-refractivity contribution in [2.24, 2.45) is 5.92 Å². The number of carbonyl (C=O) groups is 1. The smallest absolute Gasteiger partial charge is 0.222 e. The van der Waals surface area contributed by atoms with E-state index < -0.39 is 0 Å². The monoisotopic (exact) mass is 157 g/mol. The van der Waals surface area contributed by atoms with Crippen LogP contribution in [-0.2, 0) is 4.79 Å². The van der Waals surface area contributed by atoms with Crippen molar-refractivity contribution in [2.45, 2.75) is 19.3 Å². The van der Waals surface area contributed by atoms with Gasteiger partial charge in [0.25, 0.3) is 0 Å². The molecule has 0 bridgehead atoms.